The summed E-state index contributed by atoms with van der Waals surface area (Å²) in [4.78, 5) is 0. The van der Waals surface area contributed by atoms with Crippen LogP contribution in [0.25, 0.3) is 10.8 Å². The van der Waals surface area contributed by atoms with Gasteiger partial charge in [0.1, 0.15) is 5.82 Å². The molecule has 0 unspecified atom stereocenters. The van der Waals surface area contributed by atoms with Gasteiger partial charge in [-0.1, -0.05) is 54.6 Å². The fourth-order valence-corrected chi connectivity index (χ4v) is 2.99. The Morgan fingerprint density at radius 3 is 2.50 bits per heavy atom. The summed E-state index contributed by atoms with van der Waals surface area (Å²) in [7, 11) is 0. The lowest BCUT2D eigenvalue weighted by molar-refractivity contribution is 0.626. The van der Waals surface area contributed by atoms with Crippen LogP contribution in [-0.4, -0.2) is 5.11 Å². The molecule has 0 spiro atoms. The lowest BCUT2D eigenvalue weighted by Gasteiger charge is -2.19. The fourth-order valence-electron chi connectivity index (χ4n) is 2.74. The van der Waals surface area contributed by atoms with Crippen LogP contribution in [0.5, 0.6) is 0 Å². The van der Waals surface area contributed by atoms with E-state index in [-0.39, 0.29) is 11.9 Å². The number of rotatable bonds is 4. The molecule has 2 nitrogen and oxygen atoms in total. The molecule has 24 heavy (non-hydrogen) atoms. The van der Waals surface area contributed by atoms with Crippen molar-refractivity contribution in [2.45, 2.75) is 19.5 Å². The van der Waals surface area contributed by atoms with Crippen molar-refractivity contribution in [3.63, 3.8) is 0 Å². The van der Waals surface area contributed by atoms with E-state index in [9.17, 15) is 4.39 Å². The molecule has 0 saturated heterocycles. The van der Waals surface area contributed by atoms with Crippen molar-refractivity contribution in [3.05, 3.63) is 83.7 Å². The highest BCUT2D eigenvalue weighted by Crippen LogP contribution is 2.23. The maximum absolute atomic E-state index is 12.9. The van der Waals surface area contributed by atoms with Crippen molar-refractivity contribution in [3.8, 4) is 0 Å². The number of thiocarbonyl (C=S) groups is 1. The van der Waals surface area contributed by atoms with Crippen LogP contribution in [0, 0.1) is 5.82 Å². The van der Waals surface area contributed by atoms with Gasteiger partial charge in [0.15, 0.2) is 5.11 Å². The Bertz CT molecular complexity index is 840. The number of hydrogen-bond donors (Lipinski definition) is 2. The molecule has 0 bridgehead atoms. The second kappa shape index (κ2) is 7.41. The Labute approximate surface area is 146 Å². The monoisotopic (exact) mass is 338 g/mol. The SMILES string of the molecule is C[C@@H](NC(=S)NCc1ccc(F)cc1)c1cccc2ccccc12. The molecule has 0 aliphatic rings. The zero-order chi connectivity index (χ0) is 16.9. The lowest BCUT2D eigenvalue weighted by atomic mass is 10.00. The molecule has 0 heterocycles. The Hall–Kier alpha value is -2.46. The number of benzene rings is 3. The second-order valence-corrected chi connectivity index (χ2v) is 6.15. The molecule has 122 valence electrons. The minimum atomic E-state index is -0.232. The molecule has 0 aromatic heterocycles. The Kier molecular flexibility index (Phi) is 5.06. The van der Waals surface area contributed by atoms with Gasteiger partial charge in [-0.3, -0.25) is 0 Å². The van der Waals surface area contributed by atoms with Crippen LogP contribution < -0.4 is 10.6 Å². The van der Waals surface area contributed by atoms with E-state index in [0.29, 0.717) is 11.7 Å². The molecule has 0 amide bonds. The first kappa shape index (κ1) is 16.4. The van der Waals surface area contributed by atoms with Gasteiger partial charge in [-0.05, 0) is 53.2 Å². The third kappa shape index (κ3) is 3.89. The van der Waals surface area contributed by atoms with E-state index >= 15 is 0 Å². The van der Waals surface area contributed by atoms with Gasteiger partial charge in [0, 0.05) is 6.54 Å². The highest BCUT2D eigenvalue weighted by Gasteiger charge is 2.10. The first-order valence-electron chi connectivity index (χ1n) is 7.90. The summed E-state index contributed by atoms with van der Waals surface area (Å²) >= 11 is 5.38. The Morgan fingerprint density at radius 2 is 1.71 bits per heavy atom. The van der Waals surface area contributed by atoms with Crippen LogP contribution in [0.3, 0.4) is 0 Å². The molecule has 2 N–H and O–H groups in total. The maximum Gasteiger partial charge on any atom is 0.167 e. The van der Waals surface area contributed by atoms with Gasteiger partial charge in [-0.25, -0.2) is 4.39 Å². The van der Waals surface area contributed by atoms with E-state index < -0.39 is 0 Å². The van der Waals surface area contributed by atoms with E-state index in [4.69, 9.17) is 12.2 Å². The molecule has 3 rings (SSSR count). The van der Waals surface area contributed by atoms with Gasteiger partial charge in [-0.2, -0.15) is 0 Å². The molecule has 3 aromatic rings. The van der Waals surface area contributed by atoms with Gasteiger partial charge in [-0.15, -0.1) is 0 Å². The van der Waals surface area contributed by atoms with Crippen LogP contribution in [0.2, 0.25) is 0 Å². The van der Waals surface area contributed by atoms with Crippen LogP contribution in [0.1, 0.15) is 24.1 Å². The van der Waals surface area contributed by atoms with Crippen molar-refractivity contribution < 1.29 is 4.39 Å². The molecule has 0 radical (unpaired) electrons. The third-order valence-corrected chi connectivity index (χ3v) is 4.27. The first-order valence-corrected chi connectivity index (χ1v) is 8.31. The molecular weight excluding hydrogens is 319 g/mol. The molecule has 3 aromatic carbocycles. The second-order valence-electron chi connectivity index (χ2n) is 5.74. The number of hydrogen-bond acceptors (Lipinski definition) is 1. The summed E-state index contributed by atoms with van der Waals surface area (Å²) in [5.74, 6) is -0.232. The maximum atomic E-state index is 12.9. The van der Waals surface area contributed by atoms with Crippen LogP contribution >= 0.6 is 12.2 Å². The number of halogens is 1. The summed E-state index contributed by atoms with van der Waals surface area (Å²) in [6.45, 7) is 2.65. The standard InChI is InChI=1S/C20H19FN2S/c1-14(18-8-4-6-16-5-2-3-7-19(16)18)23-20(24)22-13-15-9-11-17(21)12-10-15/h2-12,14H,13H2,1H3,(H2,22,23,24)/t14-/m1/s1. The molecule has 0 aliphatic heterocycles. The first-order chi connectivity index (χ1) is 11.6. The topological polar surface area (TPSA) is 24.1 Å². The molecule has 1 atom stereocenters. The third-order valence-electron chi connectivity index (χ3n) is 4.00. The van der Waals surface area contributed by atoms with Crippen molar-refractivity contribution in [2.75, 3.05) is 0 Å². The van der Waals surface area contributed by atoms with Crippen LogP contribution in [-0.2, 0) is 6.54 Å². The average Bonchev–Trinajstić information content (AvgIpc) is 2.60. The van der Waals surface area contributed by atoms with Crippen LogP contribution in [0.15, 0.2) is 66.7 Å². The minimum Gasteiger partial charge on any atom is -0.359 e. The number of fused-ring (bicyclic) bond motifs is 1. The van der Waals surface area contributed by atoms with Crippen molar-refractivity contribution >= 4 is 28.1 Å². The highest BCUT2D eigenvalue weighted by molar-refractivity contribution is 7.80. The normalized spacial score (nSPS) is 11.9. The zero-order valence-electron chi connectivity index (χ0n) is 13.4. The summed E-state index contributed by atoms with van der Waals surface area (Å²) in [5, 5.41) is 9.50. The minimum absolute atomic E-state index is 0.0873. The number of nitrogens with one attached hydrogen (secondary N) is 2. The van der Waals surface area contributed by atoms with E-state index in [1.807, 2.05) is 12.1 Å². The highest BCUT2D eigenvalue weighted by atomic mass is 32.1. The average molecular weight is 338 g/mol. The summed E-state index contributed by atoms with van der Waals surface area (Å²) in [6.07, 6.45) is 0. The fraction of sp³-hybridized carbons (Fsp3) is 0.150. The molecule has 0 aliphatic carbocycles. The predicted octanol–water partition coefficient (Wildman–Crippen LogP) is 4.70. The Balaban J connectivity index is 1.64. The summed E-state index contributed by atoms with van der Waals surface area (Å²) in [5.41, 5.74) is 2.19. The van der Waals surface area contributed by atoms with Gasteiger partial charge in [0.25, 0.3) is 0 Å². The van der Waals surface area contributed by atoms with Gasteiger partial charge < -0.3 is 10.6 Å². The quantitative estimate of drug-likeness (QED) is 0.674. The largest absolute Gasteiger partial charge is 0.359 e. The smallest absolute Gasteiger partial charge is 0.167 e. The Morgan fingerprint density at radius 1 is 1.00 bits per heavy atom. The molecule has 0 saturated carbocycles. The van der Waals surface area contributed by atoms with Crippen molar-refractivity contribution in [2.24, 2.45) is 0 Å². The lowest BCUT2D eigenvalue weighted by Crippen LogP contribution is -2.36. The van der Waals surface area contributed by atoms with Gasteiger partial charge in [0.05, 0.1) is 6.04 Å². The van der Waals surface area contributed by atoms with Crippen molar-refractivity contribution in [1.29, 1.82) is 0 Å². The van der Waals surface area contributed by atoms with E-state index in [1.165, 1.54) is 28.5 Å². The van der Waals surface area contributed by atoms with E-state index in [0.717, 1.165) is 5.56 Å². The molecule has 0 fully saturated rings. The van der Waals surface area contributed by atoms with Crippen LogP contribution in [0.4, 0.5) is 4.39 Å². The summed E-state index contributed by atoms with van der Waals surface area (Å²) in [6, 6.07) is 21.1. The molecule has 4 heteroatoms. The van der Waals surface area contributed by atoms with E-state index in [1.54, 1.807) is 12.1 Å². The van der Waals surface area contributed by atoms with E-state index in [2.05, 4.69) is 47.9 Å². The van der Waals surface area contributed by atoms with Gasteiger partial charge in [0.2, 0.25) is 0 Å². The van der Waals surface area contributed by atoms with Gasteiger partial charge >= 0.3 is 0 Å². The summed E-state index contributed by atoms with van der Waals surface area (Å²) < 4.78 is 12.9. The zero-order valence-corrected chi connectivity index (χ0v) is 14.2. The molecular formula is C20H19FN2S. The van der Waals surface area contributed by atoms with Crippen molar-refractivity contribution in [1.82, 2.24) is 10.6 Å². The predicted molar refractivity (Wildman–Crippen MR) is 101 cm³/mol.